The van der Waals surface area contributed by atoms with Crippen molar-refractivity contribution in [1.82, 2.24) is 0 Å². The summed E-state index contributed by atoms with van der Waals surface area (Å²) in [5.41, 5.74) is 12.2. The molecule has 10 rings (SSSR count). The van der Waals surface area contributed by atoms with E-state index < -0.39 is 0 Å². The first-order valence-corrected chi connectivity index (χ1v) is 17.8. The van der Waals surface area contributed by atoms with Gasteiger partial charge in [0.2, 0.25) is 0 Å². The first kappa shape index (κ1) is 30.0. The van der Waals surface area contributed by atoms with Crippen molar-refractivity contribution in [3.05, 3.63) is 200 Å². The van der Waals surface area contributed by atoms with Crippen molar-refractivity contribution in [2.45, 2.75) is 0 Å². The van der Waals surface area contributed by atoms with E-state index in [4.69, 9.17) is 4.42 Å². The van der Waals surface area contributed by atoms with Gasteiger partial charge in [0.1, 0.15) is 11.2 Å². The van der Waals surface area contributed by atoms with Crippen LogP contribution >= 0.6 is 0 Å². The first-order chi connectivity index (χ1) is 25.8. The fraction of sp³-hybridized carbons (Fsp3) is 0. The zero-order valence-electron chi connectivity index (χ0n) is 28.4. The molecule has 0 atom stereocenters. The highest BCUT2D eigenvalue weighted by atomic mass is 16.3. The number of benzene rings is 9. The number of rotatable bonds is 6. The van der Waals surface area contributed by atoms with E-state index in [9.17, 15) is 0 Å². The molecule has 0 bridgehead atoms. The van der Waals surface area contributed by atoms with Crippen LogP contribution in [0, 0.1) is 0 Å². The molecule has 10 aromatic rings. The summed E-state index contributed by atoms with van der Waals surface area (Å²) in [6.45, 7) is 0. The summed E-state index contributed by atoms with van der Waals surface area (Å²) in [4.78, 5) is 2.41. The highest BCUT2D eigenvalue weighted by molar-refractivity contribution is 6.11. The van der Waals surface area contributed by atoms with Crippen molar-refractivity contribution in [3.63, 3.8) is 0 Å². The molecular formula is C50H33NO. The predicted octanol–water partition coefficient (Wildman–Crippen LogP) is 14.4. The smallest absolute Gasteiger partial charge is 0.136 e. The van der Waals surface area contributed by atoms with E-state index >= 15 is 0 Å². The quantitative estimate of drug-likeness (QED) is 0.176. The first-order valence-electron chi connectivity index (χ1n) is 17.8. The number of furan rings is 1. The van der Waals surface area contributed by atoms with Crippen molar-refractivity contribution < 1.29 is 4.42 Å². The molecule has 9 aromatic carbocycles. The van der Waals surface area contributed by atoms with Crippen LogP contribution in [0.1, 0.15) is 0 Å². The molecule has 0 radical (unpaired) electrons. The second kappa shape index (κ2) is 12.5. The Morgan fingerprint density at radius 2 is 0.846 bits per heavy atom. The molecule has 0 unspecified atom stereocenters. The van der Waals surface area contributed by atoms with Gasteiger partial charge in [0.05, 0.1) is 11.4 Å². The van der Waals surface area contributed by atoms with Crippen LogP contribution in [0.2, 0.25) is 0 Å². The van der Waals surface area contributed by atoms with Crippen molar-refractivity contribution in [1.29, 1.82) is 0 Å². The molecule has 1 heterocycles. The van der Waals surface area contributed by atoms with Gasteiger partial charge in [0.25, 0.3) is 0 Å². The van der Waals surface area contributed by atoms with Gasteiger partial charge in [-0.2, -0.15) is 0 Å². The fourth-order valence-electron chi connectivity index (χ4n) is 7.64. The van der Waals surface area contributed by atoms with Gasteiger partial charge < -0.3 is 9.32 Å². The van der Waals surface area contributed by atoms with Crippen molar-refractivity contribution in [2.75, 3.05) is 4.90 Å². The minimum Gasteiger partial charge on any atom is -0.456 e. The van der Waals surface area contributed by atoms with Gasteiger partial charge in [-0.25, -0.2) is 0 Å². The molecule has 2 heteroatoms. The number of hydrogen-bond acceptors (Lipinski definition) is 2. The maximum Gasteiger partial charge on any atom is 0.136 e. The molecule has 244 valence electrons. The minimum absolute atomic E-state index is 0.893. The summed E-state index contributed by atoms with van der Waals surface area (Å²) in [7, 11) is 0. The molecule has 0 aliphatic carbocycles. The molecule has 0 N–H and O–H groups in total. The number of para-hydroxylation sites is 1. The van der Waals surface area contributed by atoms with Crippen molar-refractivity contribution in [3.8, 4) is 33.4 Å². The molecule has 0 aliphatic heterocycles. The van der Waals surface area contributed by atoms with Gasteiger partial charge in [-0.05, 0) is 92.5 Å². The van der Waals surface area contributed by atoms with Gasteiger partial charge >= 0.3 is 0 Å². The molecule has 0 saturated carbocycles. The average molecular weight is 664 g/mol. The van der Waals surface area contributed by atoms with Gasteiger partial charge in [0.15, 0.2) is 0 Å². The van der Waals surface area contributed by atoms with E-state index in [0.717, 1.165) is 50.1 Å². The maximum absolute atomic E-state index is 6.38. The lowest BCUT2D eigenvalue weighted by Gasteiger charge is -2.29. The highest BCUT2D eigenvalue weighted by Crippen LogP contribution is 2.45. The second-order valence-electron chi connectivity index (χ2n) is 13.3. The van der Waals surface area contributed by atoms with E-state index in [1.165, 1.54) is 43.8 Å². The third-order valence-corrected chi connectivity index (χ3v) is 10.3. The third kappa shape index (κ3) is 5.21. The number of fused-ring (bicyclic) bond motifs is 5. The average Bonchev–Trinajstić information content (AvgIpc) is 3.57. The van der Waals surface area contributed by atoms with Crippen LogP contribution in [0.5, 0.6) is 0 Å². The molecular weight excluding hydrogens is 631 g/mol. The van der Waals surface area contributed by atoms with Gasteiger partial charge in [0, 0.05) is 27.4 Å². The standard InChI is InChI=1S/C50H33NO/c1-2-11-34(12-3-1)35-21-23-36(24-22-35)37-25-28-42(29-26-37)51(48-20-10-16-38-13-6-7-17-43(38)48)47-19-9-8-18-44(47)41-27-30-49-45(32-41)46-31-39-14-4-5-15-40(39)33-50(46)52-49/h1-33H. The van der Waals surface area contributed by atoms with E-state index in [-0.39, 0.29) is 0 Å². The zero-order valence-corrected chi connectivity index (χ0v) is 28.4. The Morgan fingerprint density at radius 3 is 1.62 bits per heavy atom. The molecule has 52 heavy (non-hydrogen) atoms. The van der Waals surface area contributed by atoms with E-state index in [1.807, 2.05) is 0 Å². The molecule has 0 fully saturated rings. The largest absolute Gasteiger partial charge is 0.456 e. The van der Waals surface area contributed by atoms with E-state index in [1.54, 1.807) is 0 Å². The number of nitrogens with zero attached hydrogens (tertiary/aromatic N) is 1. The lowest BCUT2D eigenvalue weighted by atomic mass is 9.98. The fourth-order valence-corrected chi connectivity index (χ4v) is 7.64. The lowest BCUT2D eigenvalue weighted by molar-refractivity contribution is 0.669. The Morgan fingerprint density at radius 1 is 0.308 bits per heavy atom. The summed E-state index contributed by atoms with van der Waals surface area (Å²) in [5, 5.41) is 7.04. The van der Waals surface area contributed by atoms with Crippen LogP contribution < -0.4 is 4.90 Å². The summed E-state index contributed by atoms with van der Waals surface area (Å²) in [6, 6.07) is 71.8. The summed E-state index contributed by atoms with van der Waals surface area (Å²) >= 11 is 0. The van der Waals surface area contributed by atoms with Crippen molar-refractivity contribution in [2.24, 2.45) is 0 Å². The Bertz CT molecular complexity index is 2880. The Balaban J connectivity index is 1.11. The van der Waals surface area contributed by atoms with Crippen LogP contribution in [0.3, 0.4) is 0 Å². The minimum atomic E-state index is 0.893. The molecule has 0 spiro atoms. The van der Waals surface area contributed by atoms with E-state index in [2.05, 4.69) is 205 Å². The molecule has 0 aliphatic rings. The van der Waals surface area contributed by atoms with Gasteiger partial charge in [-0.1, -0.05) is 152 Å². The summed E-state index contributed by atoms with van der Waals surface area (Å²) in [6.07, 6.45) is 0. The van der Waals surface area contributed by atoms with Crippen molar-refractivity contribution >= 4 is 60.5 Å². The molecule has 1 aromatic heterocycles. The van der Waals surface area contributed by atoms with Crippen LogP contribution in [0.15, 0.2) is 205 Å². The zero-order chi connectivity index (χ0) is 34.4. The van der Waals surface area contributed by atoms with Crippen LogP contribution in [-0.2, 0) is 0 Å². The van der Waals surface area contributed by atoms with Crippen LogP contribution in [0.4, 0.5) is 17.1 Å². The number of anilines is 3. The highest BCUT2D eigenvalue weighted by Gasteiger charge is 2.20. The number of hydrogen-bond donors (Lipinski definition) is 0. The normalized spacial score (nSPS) is 11.5. The topological polar surface area (TPSA) is 16.4 Å². The molecule has 2 nitrogen and oxygen atoms in total. The third-order valence-electron chi connectivity index (χ3n) is 10.3. The predicted molar refractivity (Wildman–Crippen MR) is 220 cm³/mol. The molecule has 0 saturated heterocycles. The van der Waals surface area contributed by atoms with Gasteiger partial charge in [-0.3, -0.25) is 0 Å². The second-order valence-corrected chi connectivity index (χ2v) is 13.3. The monoisotopic (exact) mass is 663 g/mol. The Kier molecular flexibility index (Phi) is 7.18. The Labute approximate surface area is 302 Å². The maximum atomic E-state index is 6.38. The SMILES string of the molecule is c1ccc(-c2ccc(-c3ccc(N(c4ccccc4-c4ccc5oc6cc7ccccc7cc6c5c4)c4cccc5ccccc45)cc3)cc2)cc1. The lowest BCUT2D eigenvalue weighted by Crippen LogP contribution is -2.11. The molecule has 0 amide bonds. The van der Waals surface area contributed by atoms with E-state index in [0.29, 0.717) is 0 Å². The van der Waals surface area contributed by atoms with Gasteiger partial charge in [-0.15, -0.1) is 0 Å². The van der Waals surface area contributed by atoms with Crippen LogP contribution in [-0.4, -0.2) is 0 Å². The summed E-state index contributed by atoms with van der Waals surface area (Å²) < 4.78 is 6.38. The Hall–Kier alpha value is -6.90. The summed E-state index contributed by atoms with van der Waals surface area (Å²) in [5.74, 6) is 0. The van der Waals surface area contributed by atoms with Crippen LogP contribution in [0.25, 0.3) is 76.9 Å².